The molecule has 0 fully saturated rings. The number of amides is 1. The zero-order chi connectivity index (χ0) is 22.3. The van der Waals surface area contributed by atoms with Crippen molar-refractivity contribution in [3.63, 3.8) is 0 Å². The lowest BCUT2D eigenvalue weighted by atomic mass is 9.87. The quantitative estimate of drug-likeness (QED) is 0.350. The van der Waals surface area contributed by atoms with Crippen molar-refractivity contribution in [1.82, 2.24) is 4.98 Å². The van der Waals surface area contributed by atoms with Crippen molar-refractivity contribution in [2.75, 3.05) is 5.32 Å². The number of carbonyl (C=O) groups is 1. The molecule has 1 N–H and O–H groups in total. The maximum absolute atomic E-state index is 13.6. The molecule has 0 saturated carbocycles. The van der Waals surface area contributed by atoms with E-state index in [1.54, 1.807) is 30.3 Å². The summed E-state index contributed by atoms with van der Waals surface area (Å²) < 4.78 is 32.6. The largest absolute Gasteiger partial charge is 0.436 e. The molecule has 1 amide bonds. The minimum Gasteiger partial charge on any atom is -0.436 e. The van der Waals surface area contributed by atoms with Crippen molar-refractivity contribution in [3.05, 3.63) is 82.4 Å². The van der Waals surface area contributed by atoms with Crippen molar-refractivity contribution in [1.29, 1.82) is 0 Å². The lowest BCUT2D eigenvalue weighted by Gasteiger charge is -2.19. The third-order valence-corrected chi connectivity index (χ3v) is 5.21. The van der Waals surface area contributed by atoms with E-state index >= 15 is 0 Å². The Morgan fingerprint density at radius 3 is 2.35 bits per heavy atom. The lowest BCUT2D eigenvalue weighted by Crippen LogP contribution is -2.14. The molecule has 0 spiro atoms. The molecule has 0 atom stereocenters. The summed E-state index contributed by atoms with van der Waals surface area (Å²) in [5.41, 5.74) is 3.19. The van der Waals surface area contributed by atoms with Crippen LogP contribution in [-0.4, -0.2) is 10.9 Å². The standard InChI is InChI=1S/C24H19ClF2N2O2/c1-24(2,3)14-6-4-13(5-7-14)22(30)28-15-8-9-21-20(10-15)29-23(31-21)16-11-18(26)19(27)12-17(16)25/h4-12H,1-3H3,(H,28,30). The highest BCUT2D eigenvalue weighted by molar-refractivity contribution is 6.33. The molecule has 3 aromatic carbocycles. The van der Waals surface area contributed by atoms with Gasteiger partial charge in [-0.2, -0.15) is 0 Å². The molecule has 0 unspecified atom stereocenters. The number of carbonyl (C=O) groups excluding carboxylic acids is 1. The minimum absolute atomic E-state index is 0.00103. The molecular formula is C24H19ClF2N2O2. The number of aromatic nitrogens is 1. The van der Waals surface area contributed by atoms with Gasteiger partial charge in [-0.25, -0.2) is 13.8 Å². The van der Waals surface area contributed by atoms with Crippen molar-refractivity contribution >= 4 is 34.3 Å². The Kier molecular flexibility index (Phi) is 5.27. The Labute approximate surface area is 182 Å². The Morgan fingerprint density at radius 2 is 1.68 bits per heavy atom. The van der Waals surface area contributed by atoms with E-state index in [1.807, 2.05) is 12.1 Å². The number of nitrogens with one attached hydrogen (secondary N) is 1. The molecule has 0 bridgehead atoms. The molecule has 0 aliphatic carbocycles. The molecule has 31 heavy (non-hydrogen) atoms. The number of benzene rings is 3. The molecule has 0 saturated heterocycles. The summed E-state index contributed by atoms with van der Waals surface area (Å²) in [7, 11) is 0. The van der Waals surface area contributed by atoms with Crippen molar-refractivity contribution in [2.45, 2.75) is 26.2 Å². The molecular weight excluding hydrogens is 422 g/mol. The first kappa shape index (κ1) is 21.0. The van der Waals surface area contributed by atoms with E-state index in [0.29, 0.717) is 22.4 Å². The molecule has 1 aromatic heterocycles. The molecule has 7 heteroatoms. The second-order valence-corrected chi connectivity index (χ2v) is 8.64. The Morgan fingerprint density at radius 1 is 1.00 bits per heavy atom. The van der Waals surface area contributed by atoms with Gasteiger partial charge in [0.15, 0.2) is 17.2 Å². The summed E-state index contributed by atoms with van der Waals surface area (Å²) in [6.45, 7) is 6.32. The number of nitrogens with zero attached hydrogens (tertiary/aromatic N) is 1. The van der Waals surface area contributed by atoms with Crippen LogP contribution in [-0.2, 0) is 5.41 Å². The van der Waals surface area contributed by atoms with Gasteiger partial charge in [-0.15, -0.1) is 0 Å². The summed E-state index contributed by atoms with van der Waals surface area (Å²) in [4.78, 5) is 16.9. The van der Waals surface area contributed by atoms with Crippen LogP contribution < -0.4 is 5.32 Å². The highest BCUT2D eigenvalue weighted by atomic mass is 35.5. The van der Waals surface area contributed by atoms with Gasteiger partial charge in [-0.1, -0.05) is 44.5 Å². The second-order valence-electron chi connectivity index (χ2n) is 8.23. The Hall–Kier alpha value is -3.25. The second kappa shape index (κ2) is 7.78. The molecule has 4 aromatic rings. The highest BCUT2D eigenvalue weighted by Crippen LogP contribution is 2.32. The fourth-order valence-electron chi connectivity index (χ4n) is 3.13. The molecule has 4 nitrogen and oxygen atoms in total. The number of oxazole rings is 1. The van der Waals surface area contributed by atoms with E-state index in [9.17, 15) is 13.6 Å². The maximum atomic E-state index is 13.6. The van der Waals surface area contributed by atoms with Crippen LogP contribution in [0.15, 0.2) is 59.0 Å². The van der Waals surface area contributed by atoms with Gasteiger partial charge in [0.05, 0.1) is 10.6 Å². The van der Waals surface area contributed by atoms with Gasteiger partial charge < -0.3 is 9.73 Å². The fraction of sp³-hybridized carbons (Fsp3) is 0.167. The molecule has 158 valence electrons. The predicted molar refractivity (Wildman–Crippen MR) is 117 cm³/mol. The van der Waals surface area contributed by atoms with Crippen LogP contribution in [0.4, 0.5) is 14.5 Å². The first-order valence-corrected chi connectivity index (χ1v) is 9.97. The van der Waals surface area contributed by atoms with Crippen LogP contribution in [0.25, 0.3) is 22.6 Å². The Bertz CT molecular complexity index is 1290. The number of hydrogen-bond donors (Lipinski definition) is 1. The average Bonchev–Trinajstić information content (AvgIpc) is 3.13. The number of hydrogen-bond acceptors (Lipinski definition) is 3. The number of halogens is 3. The first-order valence-electron chi connectivity index (χ1n) is 9.59. The third kappa shape index (κ3) is 4.30. The van der Waals surface area contributed by atoms with Gasteiger partial charge >= 0.3 is 0 Å². The van der Waals surface area contributed by atoms with E-state index in [2.05, 4.69) is 31.1 Å². The van der Waals surface area contributed by atoms with Gasteiger partial charge in [-0.05, 0) is 53.4 Å². The molecule has 0 radical (unpaired) electrons. The van der Waals surface area contributed by atoms with Gasteiger partial charge in [0, 0.05) is 11.3 Å². The normalized spacial score (nSPS) is 11.7. The van der Waals surface area contributed by atoms with E-state index in [0.717, 1.165) is 17.7 Å². The van der Waals surface area contributed by atoms with Gasteiger partial charge in [0.25, 0.3) is 5.91 Å². The van der Waals surface area contributed by atoms with Crippen molar-refractivity contribution in [3.8, 4) is 11.5 Å². The topological polar surface area (TPSA) is 55.1 Å². The lowest BCUT2D eigenvalue weighted by molar-refractivity contribution is 0.102. The highest BCUT2D eigenvalue weighted by Gasteiger charge is 2.17. The summed E-state index contributed by atoms with van der Waals surface area (Å²) in [6, 6.07) is 14.2. The molecule has 4 rings (SSSR count). The molecule has 0 aliphatic rings. The predicted octanol–water partition coefficient (Wildman–Crippen LogP) is 6.98. The summed E-state index contributed by atoms with van der Waals surface area (Å²) in [5, 5.41) is 2.81. The van der Waals surface area contributed by atoms with Gasteiger partial charge in [0.1, 0.15) is 5.52 Å². The van der Waals surface area contributed by atoms with E-state index in [1.165, 1.54) is 0 Å². The minimum atomic E-state index is -1.05. The summed E-state index contributed by atoms with van der Waals surface area (Å²) in [6.07, 6.45) is 0. The molecule has 1 heterocycles. The van der Waals surface area contributed by atoms with Gasteiger partial charge in [0.2, 0.25) is 5.89 Å². The van der Waals surface area contributed by atoms with Gasteiger partial charge in [-0.3, -0.25) is 4.79 Å². The monoisotopic (exact) mass is 440 g/mol. The molecule has 0 aliphatic heterocycles. The van der Waals surface area contributed by atoms with E-state index < -0.39 is 11.6 Å². The van der Waals surface area contributed by atoms with Crippen LogP contribution in [0.2, 0.25) is 5.02 Å². The van der Waals surface area contributed by atoms with Crippen LogP contribution in [0.3, 0.4) is 0 Å². The average molecular weight is 441 g/mol. The van der Waals surface area contributed by atoms with E-state index in [-0.39, 0.29) is 27.8 Å². The van der Waals surface area contributed by atoms with E-state index in [4.69, 9.17) is 16.0 Å². The smallest absolute Gasteiger partial charge is 0.255 e. The Balaban J connectivity index is 1.59. The van der Waals surface area contributed by atoms with Crippen LogP contribution in [0.1, 0.15) is 36.7 Å². The summed E-state index contributed by atoms with van der Waals surface area (Å²) >= 11 is 6.01. The first-order chi connectivity index (χ1) is 14.6. The number of rotatable bonds is 3. The SMILES string of the molecule is CC(C)(C)c1ccc(C(=O)Nc2ccc3oc(-c4cc(F)c(F)cc4Cl)nc3c2)cc1. The zero-order valence-electron chi connectivity index (χ0n) is 17.1. The van der Waals surface area contributed by atoms with Crippen molar-refractivity contribution in [2.24, 2.45) is 0 Å². The number of fused-ring (bicyclic) bond motifs is 1. The summed E-state index contributed by atoms with van der Waals surface area (Å²) in [5.74, 6) is -2.30. The van der Waals surface area contributed by atoms with Crippen LogP contribution >= 0.6 is 11.6 Å². The zero-order valence-corrected chi connectivity index (χ0v) is 17.8. The fourth-order valence-corrected chi connectivity index (χ4v) is 3.36. The number of anilines is 1. The van der Waals surface area contributed by atoms with Crippen LogP contribution in [0.5, 0.6) is 0 Å². The third-order valence-electron chi connectivity index (χ3n) is 4.90. The van der Waals surface area contributed by atoms with Crippen LogP contribution in [0, 0.1) is 11.6 Å². The maximum Gasteiger partial charge on any atom is 0.255 e. The van der Waals surface area contributed by atoms with Crippen molar-refractivity contribution < 1.29 is 18.0 Å².